The summed E-state index contributed by atoms with van der Waals surface area (Å²) >= 11 is 0. The first-order valence-corrected chi connectivity index (χ1v) is 8.36. The monoisotopic (exact) mass is 298 g/mol. The standard InChI is InChI=1S/C22H34/c1-9-10-18(4)12-14-20(6)22(8)16-15-21(7)19(5)13-11-17(2)3/h11,13,15-16,18,20H,2,5,7-10,12,14H2,1,3-4,6H3/b13-11-,16-15-. The molecule has 2 atom stereocenters. The molecule has 0 bridgehead atoms. The summed E-state index contributed by atoms with van der Waals surface area (Å²) in [6.45, 7) is 24.9. The summed E-state index contributed by atoms with van der Waals surface area (Å²) in [7, 11) is 0. The van der Waals surface area contributed by atoms with Crippen LogP contribution in [0.3, 0.4) is 0 Å². The van der Waals surface area contributed by atoms with Crippen molar-refractivity contribution < 1.29 is 0 Å². The highest BCUT2D eigenvalue weighted by Crippen LogP contribution is 2.22. The molecular weight excluding hydrogens is 264 g/mol. The quantitative estimate of drug-likeness (QED) is 0.354. The first kappa shape index (κ1) is 20.4. The van der Waals surface area contributed by atoms with Crippen LogP contribution in [0.2, 0.25) is 0 Å². The predicted molar refractivity (Wildman–Crippen MR) is 103 cm³/mol. The fourth-order valence-corrected chi connectivity index (χ4v) is 2.19. The van der Waals surface area contributed by atoms with Gasteiger partial charge in [0.25, 0.3) is 0 Å². The Hall–Kier alpha value is -1.56. The van der Waals surface area contributed by atoms with Gasteiger partial charge in [-0.15, -0.1) is 0 Å². The van der Waals surface area contributed by atoms with Crippen LogP contribution in [0.5, 0.6) is 0 Å². The van der Waals surface area contributed by atoms with E-state index in [0.717, 1.165) is 22.6 Å². The minimum absolute atomic E-state index is 0.516. The fraction of sp³-hybridized carbons (Fsp3) is 0.455. The first-order valence-electron chi connectivity index (χ1n) is 8.36. The van der Waals surface area contributed by atoms with Gasteiger partial charge in [-0.25, -0.2) is 0 Å². The van der Waals surface area contributed by atoms with Gasteiger partial charge in [0, 0.05) is 0 Å². The summed E-state index contributed by atoms with van der Waals surface area (Å²) in [5.74, 6) is 1.33. The van der Waals surface area contributed by atoms with Crippen LogP contribution < -0.4 is 0 Å². The van der Waals surface area contributed by atoms with Gasteiger partial charge in [0.05, 0.1) is 0 Å². The molecule has 0 amide bonds. The number of hydrogen-bond acceptors (Lipinski definition) is 0. The Morgan fingerprint density at radius 3 is 1.86 bits per heavy atom. The average molecular weight is 299 g/mol. The Morgan fingerprint density at radius 1 is 0.818 bits per heavy atom. The maximum atomic E-state index is 4.19. The molecule has 0 aliphatic rings. The Bertz CT molecular complexity index is 456. The number of allylic oxidation sites excluding steroid dienone is 8. The molecular formula is C22H34. The van der Waals surface area contributed by atoms with E-state index in [-0.39, 0.29) is 0 Å². The maximum Gasteiger partial charge on any atom is -0.0196 e. The molecule has 22 heavy (non-hydrogen) atoms. The fourth-order valence-electron chi connectivity index (χ4n) is 2.19. The van der Waals surface area contributed by atoms with Crippen molar-refractivity contribution in [2.24, 2.45) is 11.8 Å². The van der Waals surface area contributed by atoms with Crippen molar-refractivity contribution in [3.05, 3.63) is 72.9 Å². The van der Waals surface area contributed by atoms with E-state index >= 15 is 0 Å². The SMILES string of the molecule is C=C(C)/C=C\C(=C)C(=C)/C=C\C(=C)C(C)CCC(C)CCC. The van der Waals surface area contributed by atoms with E-state index in [1.807, 2.05) is 25.2 Å². The molecule has 0 aliphatic carbocycles. The lowest BCUT2D eigenvalue weighted by Crippen LogP contribution is -2.01. The van der Waals surface area contributed by atoms with Gasteiger partial charge in [0.1, 0.15) is 0 Å². The van der Waals surface area contributed by atoms with Crippen LogP contribution in [0.4, 0.5) is 0 Å². The maximum absolute atomic E-state index is 4.19. The van der Waals surface area contributed by atoms with E-state index in [9.17, 15) is 0 Å². The van der Waals surface area contributed by atoms with Crippen LogP contribution >= 0.6 is 0 Å². The summed E-state index contributed by atoms with van der Waals surface area (Å²) in [6.07, 6.45) is 13.1. The molecule has 0 nitrogen and oxygen atoms in total. The first-order chi connectivity index (χ1) is 10.3. The molecule has 2 unspecified atom stereocenters. The summed E-state index contributed by atoms with van der Waals surface area (Å²) in [5.41, 5.74) is 4.01. The molecule has 0 spiro atoms. The van der Waals surface area contributed by atoms with E-state index in [0.29, 0.717) is 5.92 Å². The molecule has 0 aliphatic heterocycles. The lowest BCUT2D eigenvalue weighted by atomic mass is 9.90. The zero-order chi connectivity index (χ0) is 17.1. The van der Waals surface area contributed by atoms with Crippen LogP contribution in [-0.4, -0.2) is 0 Å². The topological polar surface area (TPSA) is 0 Å². The molecule has 0 aromatic rings. The molecule has 0 saturated heterocycles. The molecule has 0 rings (SSSR count). The number of hydrogen-bond donors (Lipinski definition) is 0. The lowest BCUT2D eigenvalue weighted by molar-refractivity contribution is 0.436. The highest BCUT2D eigenvalue weighted by molar-refractivity contribution is 5.45. The van der Waals surface area contributed by atoms with E-state index < -0.39 is 0 Å². The molecule has 0 saturated carbocycles. The second-order valence-corrected chi connectivity index (χ2v) is 6.51. The van der Waals surface area contributed by atoms with Gasteiger partial charge in [0.2, 0.25) is 0 Å². The minimum atomic E-state index is 0.516. The lowest BCUT2D eigenvalue weighted by Gasteiger charge is -2.15. The Balaban J connectivity index is 4.36. The highest BCUT2D eigenvalue weighted by Gasteiger charge is 2.07. The van der Waals surface area contributed by atoms with Gasteiger partial charge in [0.15, 0.2) is 0 Å². The van der Waals surface area contributed by atoms with Crippen molar-refractivity contribution in [3.63, 3.8) is 0 Å². The van der Waals surface area contributed by atoms with Crippen LogP contribution in [0.25, 0.3) is 0 Å². The molecule has 122 valence electrons. The van der Waals surface area contributed by atoms with Crippen molar-refractivity contribution in [1.29, 1.82) is 0 Å². The zero-order valence-corrected chi connectivity index (χ0v) is 15.1. The van der Waals surface area contributed by atoms with Crippen LogP contribution in [0.15, 0.2) is 72.9 Å². The molecule has 0 aromatic heterocycles. The van der Waals surface area contributed by atoms with Gasteiger partial charge in [-0.05, 0) is 36.3 Å². The molecule has 0 heterocycles. The van der Waals surface area contributed by atoms with Crippen molar-refractivity contribution >= 4 is 0 Å². The average Bonchev–Trinajstić information content (AvgIpc) is 2.47. The van der Waals surface area contributed by atoms with Gasteiger partial charge in [-0.2, -0.15) is 0 Å². The predicted octanol–water partition coefficient (Wildman–Crippen LogP) is 7.20. The molecule has 0 N–H and O–H groups in total. The molecule has 0 fully saturated rings. The van der Waals surface area contributed by atoms with E-state index in [4.69, 9.17) is 0 Å². The Kier molecular flexibility index (Phi) is 10.3. The normalized spacial score (nSPS) is 14.2. The minimum Gasteiger partial charge on any atom is -0.0961 e. The van der Waals surface area contributed by atoms with E-state index in [1.165, 1.54) is 31.3 Å². The summed E-state index contributed by atoms with van der Waals surface area (Å²) < 4.78 is 0. The van der Waals surface area contributed by atoms with Crippen molar-refractivity contribution in [2.75, 3.05) is 0 Å². The largest absolute Gasteiger partial charge is 0.0961 e. The molecule has 0 aromatic carbocycles. The smallest absolute Gasteiger partial charge is 0.0196 e. The second-order valence-electron chi connectivity index (χ2n) is 6.51. The van der Waals surface area contributed by atoms with Crippen molar-refractivity contribution in [1.82, 2.24) is 0 Å². The van der Waals surface area contributed by atoms with Gasteiger partial charge >= 0.3 is 0 Å². The van der Waals surface area contributed by atoms with E-state index in [2.05, 4.69) is 53.2 Å². The second kappa shape index (κ2) is 11.1. The van der Waals surface area contributed by atoms with Gasteiger partial charge < -0.3 is 0 Å². The van der Waals surface area contributed by atoms with Gasteiger partial charge in [-0.1, -0.05) is 102 Å². The Morgan fingerprint density at radius 2 is 1.36 bits per heavy atom. The summed E-state index contributed by atoms with van der Waals surface area (Å²) in [4.78, 5) is 0. The third-order valence-corrected chi connectivity index (χ3v) is 3.99. The molecule has 0 heteroatoms. The van der Waals surface area contributed by atoms with E-state index in [1.54, 1.807) is 0 Å². The van der Waals surface area contributed by atoms with Crippen LogP contribution in [-0.2, 0) is 0 Å². The summed E-state index contributed by atoms with van der Waals surface area (Å²) in [5, 5.41) is 0. The third kappa shape index (κ3) is 9.39. The summed E-state index contributed by atoms with van der Waals surface area (Å²) in [6, 6.07) is 0. The van der Waals surface area contributed by atoms with Crippen molar-refractivity contribution in [2.45, 2.75) is 53.4 Å². The zero-order valence-electron chi connectivity index (χ0n) is 15.1. The van der Waals surface area contributed by atoms with Gasteiger partial charge in [-0.3, -0.25) is 0 Å². The third-order valence-electron chi connectivity index (χ3n) is 3.99. The highest BCUT2D eigenvalue weighted by atomic mass is 14.1. The number of rotatable bonds is 11. The van der Waals surface area contributed by atoms with Crippen molar-refractivity contribution in [3.8, 4) is 0 Å². The molecule has 0 radical (unpaired) electrons. The Labute approximate surface area is 138 Å². The van der Waals surface area contributed by atoms with Crippen LogP contribution in [0, 0.1) is 11.8 Å². The van der Waals surface area contributed by atoms with Crippen LogP contribution in [0.1, 0.15) is 53.4 Å².